The highest BCUT2D eigenvalue weighted by Gasteiger charge is 2.49. The second-order valence-electron chi connectivity index (χ2n) is 12.1. The number of anilines is 1. The zero-order chi connectivity index (χ0) is 26.2. The molecule has 198 valence electrons. The minimum atomic E-state index is -1.11. The monoisotopic (exact) mass is 520 g/mol. The Morgan fingerprint density at radius 2 is 1.81 bits per heavy atom. The van der Waals surface area contributed by atoms with Crippen LogP contribution in [0.15, 0.2) is 30.6 Å². The third-order valence-corrected chi connectivity index (χ3v) is 9.47. The average Bonchev–Trinajstić information content (AvgIpc) is 3.78. The zero-order valence-corrected chi connectivity index (χ0v) is 23.8. The van der Waals surface area contributed by atoms with Crippen LogP contribution in [0.2, 0.25) is 25.7 Å². The van der Waals surface area contributed by atoms with E-state index >= 15 is 0 Å². The largest absolute Gasteiger partial charge is 0.360 e. The number of hydrogen-bond acceptors (Lipinski definition) is 5. The van der Waals surface area contributed by atoms with Crippen LogP contribution in [0.3, 0.4) is 0 Å². The van der Waals surface area contributed by atoms with Gasteiger partial charge >= 0.3 is 0 Å². The Bertz CT molecular complexity index is 1190. The van der Waals surface area contributed by atoms with Crippen LogP contribution in [-0.4, -0.2) is 45.5 Å². The fourth-order valence-electron chi connectivity index (χ4n) is 5.45. The van der Waals surface area contributed by atoms with Crippen molar-refractivity contribution < 1.29 is 9.53 Å². The lowest BCUT2D eigenvalue weighted by Gasteiger charge is -2.24. The molecule has 0 bridgehead atoms. The van der Waals surface area contributed by atoms with E-state index < -0.39 is 8.07 Å². The molecule has 2 heterocycles. The first-order valence-electron chi connectivity index (χ1n) is 13.6. The minimum absolute atomic E-state index is 0.00366. The summed E-state index contributed by atoms with van der Waals surface area (Å²) in [4.78, 5) is 16.7. The molecule has 2 saturated carbocycles. The van der Waals surface area contributed by atoms with E-state index in [1.165, 1.54) is 25.7 Å². The maximum Gasteiger partial charge on any atom is 0.235 e. The van der Waals surface area contributed by atoms with Gasteiger partial charge in [0.15, 0.2) is 0 Å². The molecule has 2 N–H and O–H groups in total. The van der Waals surface area contributed by atoms with Crippen molar-refractivity contribution in [3.05, 3.63) is 47.8 Å². The van der Waals surface area contributed by atoms with Crippen molar-refractivity contribution in [3.8, 4) is 11.1 Å². The second-order valence-corrected chi connectivity index (χ2v) is 17.7. The van der Waals surface area contributed by atoms with Gasteiger partial charge in [0.1, 0.15) is 24.8 Å². The van der Waals surface area contributed by atoms with Gasteiger partial charge in [0, 0.05) is 31.6 Å². The first-order valence-corrected chi connectivity index (χ1v) is 17.3. The number of nitrogens with zero attached hydrogens (tertiary/aromatic N) is 4. The molecule has 1 aromatic carbocycles. The molecular weight excluding hydrogens is 480 g/mol. The van der Waals surface area contributed by atoms with Gasteiger partial charge in [0.2, 0.25) is 5.91 Å². The van der Waals surface area contributed by atoms with Gasteiger partial charge in [0.25, 0.3) is 0 Å². The van der Waals surface area contributed by atoms with Gasteiger partial charge in [-0.3, -0.25) is 4.79 Å². The predicted octanol–water partition coefficient (Wildman–Crippen LogP) is 5.76. The van der Waals surface area contributed by atoms with Crippen LogP contribution in [0, 0.1) is 31.6 Å². The second kappa shape index (κ2) is 10.5. The van der Waals surface area contributed by atoms with E-state index in [0.717, 1.165) is 40.9 Å². The number of rotatable bonds is 12. The summed E-state index contributed by atoms with van der Waals surface area (Å²) in [5, 5.41) is 16.1. The topological polar surface area (TPSA) is 97.7 Å². The van der Waals surface area contributed by atoms with Crippen LogP contribution in [0.5, 0.6) is 0 Å². The summed E-state index contributed by atoms with van der Waals surface area (Å²) in [6.07, 6.45) is 6.42. The van der Waals surface area contributed by atoms with Crippen molar-refractivity contribution in [3.63, 3.8) is 0 Å². The molecule has 0 radical (unpaired) electrons. The summed E-state index contributed by atoms with van der Waals surface area (Å²) in [5.74, 6) is 1.99. The molecule has 8 nitrogen and oxygen atoms in total. The van der Waals surface area contributed by atoms with Crippen LogP contribution in [0.4, 0.5) is 5.69 Å². The fraction of sp³-hybridized carbons (Fsp3) is 0.571. The minimum Gasteiger partial charge on any atom is -0.360 e. The summed E-state index contributed by atoms with van der Waals surface area (Å²) < 4.78 is 7.88. The van der Waals surface area contributed by atoms with Crippen molar-refractivity contribution in [1.82, 2.24) is 25.0 Å². The maximum absolute atomic E-state index is 13.5. The van der Waals surface area contributed by atoms with Crippen LogP contribution in [-0.2, 0) is 16.3 Å². The maximum atomic E-state index is 13.5. The number of hydrogen-bond donors (Lipinski definition) is 2. The Kier molecular flexibility index (Phi) is 7.36. The molecule has 9 heteroatoms. The Labute approximate surface area is 220 Å². The number of aromatic amines is 1. The molecule has 3 aromatic rings. The van der Waals surface area contributed by atoms with E-state index in [1.54, 1.807) is 6.33 Å². The fourth-order valence-corrected chi connectivity index (χ4v) is 6.21. The van der Waals surface area contributed by atoms with E-state index in [1.807, 2.05) is 23.7 Å². The number of carbonyl (C=O) groups excluding carboxylic acids is 1. The van der Waals surface area contributed by atoms with Gasteiger partial charge < -0.3 is 15.0 Å². The number of nitrogens with one attached hydrogen (secondary N) is 2. The molecular formula is C28H40N6O2Si. The molecule has 0 aliphatic heterocycles. The van der Waals surface area contributed by atoms with Crippen LogP contribution >= 0.6 is 0 Å². The first kappa shape index (κ1) is 25.8. The van der Waals surface area contributed by atoms with Crippen molar-refractivity contribution in [2.75, 3.05) is 11.9 Å². The van der Waals surface area contributed by atoms with Crippen molar-refractivity contribution in [2.24, 2.45) is 17.8 Å². The highest BCUT2D eigenvalue weighted by molar-refractivity contribution is 6.76. The number of H-pyrrole nitrogens is 1. The number of aromatic nitrogens is 5. The van der Waals surface area contributed by atoms with Crippen molar-refractivity contribution in [2.45, 2.75) is 77.9 Å². The summed E-state index contributed by atoms with van der Waals surface area (Å²) in [7, 11) is -1.11. The lowest BCUT2D eigenvalue weighted by atomic mass is 9.82. The van der Waals surface area contributed by atoms with Crippen molar-refractivity contribution in [1.29, 1.82) is 0 Å². The molecule has 2 aliphatic rings. The molecule has 37 heavy (non-hydrogen) atoms. The van der Waals surface area contributed by atoms with Gasteiger partial charge in [-0.1, -0.05) is 31.8 Å². The lowest BCUT2D eigenvalue weighted by molar-refractivity contribution is -0.119. The van der Waals surface area contributed by atoms with Gasteiger partial charge in [-0.15, -0.1) is 10.2 Å². The summed E-state index contributed by atoms with van der Waals surface area (Å²) in [6, 6.07) is 9.23. The Balaban J connectivity index is 1.27. The Hall–Kier alpha value is -2.78. The number of benzene rings is 1. The number of ether oxygens (including phenoxy) is 1. The zero-order valence-electron chi connectivity index (χ0n) is 22.8. The smallest absolute Gasteiger partial charge is 0.235 e. The SMILES string of the molecule is Cc1nn(COCC[Si](C)(C)C)c(C)c1-c1ccc(NC(=O)C(c2nnc[nH]2)C(C2CC2)C2CC2)cc1. The molecule has 2 aliphatic carbocycles. The number of carbonyl (C=O) groups is 1. The van der Waals surface area contributed by atoms with Gasteiger partial charge in [-0.2, -0.15) is 5.10 Å². The van der Waals surface area contributed by atoms with Crippen LogP contribution < -0.4 is 5.32 Å². The summed E-state index contributed by atoms with van der Waals surface area (Å²) in [5.41, 5.74) is 5.06. The lowest BCUT2D eigenvalue weighted by Crippen LogP contribution is -2.31. The van der Waals surface area contributed by atoms with E-state index in [0.29, 0.717) is 30.3 Å². The number of aryl methyl sites for hydroxylation is 1. The molecule has 1 amide bonds. The van der Waals surface area contributed by atoms with E-state index in [2.05, 4.69) is 59.2 Å². The molecule has 0 spiro atoms. The highest BCUT2D eigenvalue weighted by Crippen LogP contribution is 2.54. The quantitative estimate of drug-likeness (QED) is 0.234. The third-order valence-electron chi connectivity index (χ3n) is 7.76. The predicted molar refractivity (Wildman–Crippen MR) is 148 cm³/mol. The highest BCUT2D eigenvalue weighted by atomic mass is 28.3. The van der Waals surface area contributed by atoms with E-state index in [4.69, 9.17) is 9.84 Å². The van der Waals surface area contributed by atoms with Gasteiger partial charge in [-0.25, -0.2) is 4.68 Å². The molecule has 2 fully saturated rings. The van der Waals surface area contributed by atoms with Gasteiger partial charge in [-0.05, 0) is 81.0 Å². The van der Waals surface area contributed by atoms with E-state index in [-0.39, 0.29) is 11.8 Å². The molecule has 1 unspecified atom stereocenters. The standard InChI is InChI=1S/C28H40N6O2Si/c1-18-24(19(2)34(33-18)17-36-14-15-37(3,4)5)20-10-12-23(13-11-20)31-28(35)26(27-29-16-30-32-27)25(21-6-7-21)22-8-9-22/h10-13,16,21-22,25-26H,6-9,14-15,17H2,1-5H3,(H,31,35)(H,29,30,32). The Morgan fingerprint density at radius 3 is 2.38 bits per heavy atom. The summed E-state index contributed by atoms with van der Waals surface area (Å²) >= 11 is 0. The van der Waals surface area contributed by atoms with Crippen LogP contribution in [0.25, 0.3) is 11.1 Å². The van der Waals surface area contributed by atoms with Crippen LogP contribution in [0.1, 0.15) is 48.8 Å². The summed E-state index contributed by atoms with van der Waals surface area (Å²) in [6.45, 7) is 12.4. The average molecular weight is 521 g/mol. The molecule has 2 aromatic heterocycles. The first-order chi connectivity index (χ1) is 17.7. The molecule has 5 rings (SSSR count). The Morgan fingerprint density at radius 1 is 1.14 bits per heavy atom. The van der Waals surface area contributed by atoms with E-state index in [9.17, 15) is 4.79 Å². The normalized spacial score (nSPS) is 16.8. The molecule has 1 atom stereocenters. The third kappa shape index (κ3) is 6.21. The van der Waals surface area contributed by atoms with Gasteiger partial charge in [0.05, 0.1) is 5.69 Å². The van der Waals surface area contributed by atoms with Crippen molar-refractivity contribution >= 4 is 19.7 Å². The number of amides is 1. The molecule has 0 saturated heterocycles.